The van der Waals surface area contributed by atoms with Gasteiger partial charge in [-0.25, -0.2) is 4.39 Å². The topological polar surface area (TPSA) is 48.8 Å². The van der Waals surface area contributed by atoms with Crippen molar-refractivity contribution < 1.29 is 4.39 Å². The Morgan fingerprint density at radius 2 is 2.15 bits per heavy atom. The van der Waals surface area contributed by atoms with Crippen molar-refractivity contribution >= 4 is 17.3 Å². The maximum absolute atomic E-state index is 13.5. The van der Waals surface area contributed by atoms with Crippen molar-refractivity contribution in [1.29, 1.82) is 5.41 Å². The Morgan fingerprint density at radius 1 is 1.42 bits per heavy atom. The molecule has 0 saturated heterocycles. The van der Waals surface area contributed by atoms with Gasteiger partial charge in [0, 0.05) is 35.2 Å². The van der Waals surface area contributed by atoms with Gasteiger partial charge in [-0.2, -0.15) is 0 Å². The quantitative estimate of drug-likeness (QED) is 0.374. The molecule has 0 aliphatic rings. The Kier molecular flexibility index (Phi) is 9.28. The molecule has 0 amide bonds. The molecule has 0 unspecified atom stereocenters. The molecule has 0 fully saturated rings. The van der Waals surface area contributed by atoms with Gasteiger partial charge in [0.1, 0.15) is 5.67 Å². The smallest absolute Gasteiger partial charge is 0.105 e. The molecule has 0 aliphatic heterocycles. The first-order valence-electron chi connectivity index (χ1n) is 8.89. The minimum Gasteiger partial charge on any atom is -0.386 e. The van der Waals surface area contributed by atoms with Crippen molar-refractivity contribution in [1.82, 2.24) is 10.3 Å². The third-order valence-electron chi connectivity index (χ3n) is 3.74. The van der Waals surface area contributed by atoms with E-state index in [-0.39, 0.29) is 0 Å². The normalized spacial score (nSPS) is 12.4. The molecule has 5 heteroatoms. The van der Waals surface area contributed by atoms with E-state index in [9.17, 15) is 4.39 Å². The van der Waals surface area contributed by atoms with Crippen LogP contribution < -0.4 is 5.32 Å². The predicted octanol–water partition coefficient (Wildman–Crippen LogP) is 5.86. The van der Waals surface area contributed by atoms with Crippen LogP contribution in [0, 0.1) is 5.41 Å². The van der Waals surface area contributed by atoms with Gasteiger partial charge < -0.3 is 10.7 Å². The molecule has 0 saturated carbocycles. The average Bonchev–Trinajstić information content (AvgIpc) is 2.57. The zero-order chi connectivity index (χ0) is 19.6. The molecule has 0 radical (unpaired) electrons. The molecule has 0 bridgehead atoms. The van der Waals surface area contributed by atoms with E-state index in [2.05, 4.69) is 23.8 Å². The lowest BCUT2D eigenvalue weighted by Gasteiger charge is -2.13. The van der Waals surface area contributed by atoms with Crippen LogP contribution in [0.4, 0.5) is 4.39 Å². The maximum atomic E-state index is 13.5. The number of nitrogens with one attached hydrogen (secondary N) is 2. The molecular weight excluding hydrogens is 349 g/mol. The van der Waals surface area contributed by atoms with Gasteiger partial charge in [-0.05, 0) is 50.8 Å². The molecule has 3 nitrogen and oxygen atoms in total. The number of rotatable bonds is 11. The van der Waals surface area contributed by atoms with E-state index in [4.69, 9.17) is 17.0 Å². The van der Waals surface area contributed by atoms with Crippen molar-refractivity contribution in [3.05, 3.63) is 65.1 Å². The van der Waals surface area contributed by atoms with Gasteiger partial charge in [-0.1, -0.05) is 43.7 Å². The minimum absolute atomic E-state index is 0.325. The zero-order valence-corrected chi connectivity index (χ0v) is 16.7. The van der Waals surface area contributed by atoms with Crippen molar-refractivity contribution in [2.45, 2.75) is 58.7 Å². The Bertz CT molecular complexity index is 655. The Balaban J connectivity index is 2.61. The van der Waals surface area contributed by atoms with Crippen LogP contribution >= 0.6 is 11.6 Å². The van der Waals surface area contributed by atoms with Gasteiger partial charge in [-0.15, -0.1) is 0 Å². The van der Waals surface area contributed by atoms with Gasteiger partial charge in [0.2, 0.25) is 0 Å². The van der Waals surface area contributed by atoms with Gasteiger partial charge in [0.15, 0.2) is 0 Å². The van der Waals surface area contributed by atoms with Crippen molar-refractivity contribution in [3.8, 4) is 0 Å². The number of allylic oxidation sites excluding steroid dienone is 4. The summed E-state index contributed by atoms with van der Waals surface area (Å²) in [7, 11) is 0. The van der Waals surface area contributed by atoms with E-state index < -0.39 is 5.67 Å². The van der Waals surface area contributed by atoms with Crippen LogP contribution in [0.2, 0.25) is 0 Å². The molecule has 1 rings (SSSR count). The molecule has 1 aromatic rings. The second-order valence-corrected chi connectivity index (χ2v) is 7.28. The van der Waals surface area contributed by atoms with Gasteiger partial charge in [0.25, 0.3) is 0 Å². The van der Waals surface area contributed by atoms with Crippen LogP contribution in [0.1, 0.15) is 51.3 Å². The van der Waals surface area contributed by atoms with Crippen molar-refractivity contribution in [3.63, 3.8) is 0 Å². The second kappa shape index (κ2) is 10.9. The van der Waals surface area contributed by atoms with Gasteiger partial charge in [-0.3, -0.25) is 4.98 Å². The highest BCUT2D eigenvalue weighted by atomic mass is 35.5. The highest BCUT2D eigenvalue weighted by molar-refractivity contribution is 6.36. The van der Waals surface area contributed by atoms with Gasteiger partial charge >= 0.3 is 0 Å². The lowest BCUT2D eigenvalue weighted by Crippen LogP contribution is -2.13. The standard InChI is InChI=1S/C21H29ClFN3/c1-5-6-7-8-20(24)19(16(2)22)15-25-13-17-9-10-18(26-14-17)11-12-21(3,4)23/h7-10,14-15,24-25H,2,5-6,11-13H2,1,3-4H3/b8-7-,19-15-,24-20?. The monoisotopic (exact) mass is 377 g/mol. The Labute approximate surface area is 161 Å². The highest BCUT2D eigenvalue weighted by Gasteiger charge is 2.15. The van der Waals surface area contributed by atoms with Crippen LogP contribution in [0.25, 0.3) is 0 Å². The Morgan fingerprint density at radius 3 is 2.69 bits per heavy atom. The first-order chi connectivity index (χ1) is 12.2. The van der Waals surface area contributed by atoms with Crippen molar-refractivity contribution in [2.24, 2.45) is 0 Å². The summed E-state index contributed by atoms with van der Waals surface area (Å²) < 4.78 is 13.5. The molecule has 0 atom stereocenters. The molecular formula is C21H29ClFN3. The SMILES string of the molecule is C=C(Cl)/C(=C/NCc1ccc(CCC(C)(C)F)nc1)C(=N)/C=C\CCC. The van der Waals surface area contributed by atoms with E-state index in [0.717, 1.165) is 24.1 Å². The van der Waals surface area contributed by atoms with E-state index in [0.29, 0.717) is 35.7 Å². The third-order valence-corrected chi connectivity index (χ3v) is 3.94. The largest absolute Gasteiger partial charge is 0.386 e. The average molecular weight is 378 g/mol. The number of aromatic nitrogens is 1. The van der Waals surface area contributed by atoms with Crippen LogP contribution in [0.15, 0.2) is 53.9 Å². The summed E-state index contributed by atoms with van der Waals surface area (Å²) in [5.74, 6) is 0. The molecule has 26 heavy (non-hydrogen) atoms. The molecule has 2 N–H and O–H groups in total. The molecule has 1 aromatic heterocycles. The molecule has 0 spiro atoms. The molecule has 1 heterocycles. The van der Waals surface area contributed by atoms with E-state index in [1.807, 2.05) is 18.2 Å². The first kappa shape index (κ1) is 22.1. The first-order valence-corrected chi connectivity index (χ1v) is 9.27. The number of nitrogens with zero attached hydrogens (tertiary/aromatic N) is 1. The number of halogens is 2. The fraction of sp³-hybridized carbons (Fsp3) is 0.429. The summed E-state index contributed by atoms with van der Waals surface area (Å²) in [6.45, 7) is 9.52. The predicted molar refractivity (Wildman–Crippen MR) is 109 cm³/mol. The number of aryl methyl sites for hydroxylation is 1. The summed E-state index contributed by atoms with van der Waals surface area (Å²) in [6.07, 6.45) is 10.2. The molecule has 142 valence electrons. The number of alkyl halides is 1. The number of hydrogen-bond donors (Lipinski definition) is 2. The number of unbranched alkanes of at least 4 members (excludes halogenated alkanes) is 1. The fourth-order valence-electron chi connectivity index (χ4n) is 2.16. The third kappa shape index (κ3) is 8.95. The summed E-state index contributed by atoms with van der Waals surface area (Å²) >= 11 is 6.01. The van der Waals surface area contributed by atoms with E-state index in [1.54, 1.807) is 32.3 Å². The van der Waals surface area contributed by atoms with E-state index in [1.165, 1.54) is 0 Å². The fourth-order valence-corrected chi connectivity index (χ4v) is 2.32. The highest BCUT2D eigenvalue weighted by Crippen LogP contribution is 2.17. The zero-order valence-electron chi connectivity index (χ0n) is 15.9. The summed E-state index contributed by atoms with van der Waals surface area (Å²) in [5.41, 5.74) is 1.59. The van der Waals surface area contributed by atoms with Crippen LogP contribution in [0.3, 0.4) is 0 Å². The molecule has 0 aromatic carbocycles. The summed E-state index contributed by atoms with van der Waals surface area (Å²) in [4.78, 5) is 4.38. The van der Waals surface area contributed by atoms with E-state index >= 15 is 0 Å². The van der Waals surface area contributed by atoms with Crippen LogP contribution in [0.5, 0.6) is 0 Å². The summed E-state index contributed by atoms with van der Waals surface area (Å²) in [5, 5.41) is 11.6. The van der Waals surface area contributed by atoms with Gasteiger partial charge in [0.05, 0.1) is 5.71 Å². The Hall–Kier alpha value is -1.94. The van der Waals surface area contributed by atoms with Crippen LogP contribution in [-0.4, -0.2) is 16.4 Å². The number of pyridine rings is 1. The second-order valence-electron chi connectivity index (χ2n) is 6.83. The lowest BCUT2D eigenvalue weighted by atomic mass is 10.0. The molecule has 0 aliphatic carbocycles. The lowest BCUT2D eigenvalue weighted by molar-refractivity contribution is 0.201. The minimum atomic E-state index is -1.18. The maximum Gasteiger partial charge on any atom is 0.105 e. The summed E-state index contributed by atoms with van der Waals surface area (Å²) in [6, 6.07) is 3.89. The number of hydrogen-bond acceptors (Lipinski definition) is 3. The van der Waals surface area contributed by atoms with Crippen LogP contribution in [-0.2, 0) is 13.0 Å². The van der Waals surface area contributed by atoms with Crippen molar-refractivity contribution in [2.75, 3.05) is 0 Å².